The minimum absolute atomic E-state index is 0.270. The molecule has 168 valence electrons. The van der Waals surface area contributed by atoms with Crippen molar-refractivity contribution >= 4 is 51.8 Å². The summed E-state index contributed by atoms with van der Waals surface area (Å²) in [6.07, 6.45) is 5.43. The van der Waals surface area contributed by atoms with Gasteiger partial charge in [-0.3, -0.25) is 10.1 Å². The largest absolute Gasteiger partial charge is 0.493 e. The molecule has 2 aromatic carbocycles. The molecule has 1 amide bonds. The van der Waals surface area contributed by atoms with Crippen LogP contribution in [0.25, 0.3) is 6.08 Å². The average molecular weight is 490 g/mol. The highest BCUT2D eigenvalue weighted by molar-refractivity contribution is 8.01. The predicted molar refractivity (Wildman–Crippen MR) is 132 cm³/mol. The standard InChI is InChI=1S/C23H24ClN3O3S2/c1-3-4-13-31-23-27-26-22(32-23)25-21(28)12-8-16-7-11-19(20(14-16)29-2)30-15-17-5-9-18(24)10-6-17/h5-12,14H,3-4,13,15H2,1-2H3,(H,25,26,28)/b12-8+. The highest BCUT2D eigenvalue weighted by Crippen LogP contribution is 2.30. The fourth-order valence-corrected chi connectivity index (χ4v) is 4.63. The van der Waals surface area contributed by atoms with Gasteiger partial charge in [0.2, 0.25) is 11.0 Å². The van der Waals surface area contributed by atoms with Crippen LogP contribution in [0.5, 0.6) is 11.5 Å². The van der Waals surface area contributed by atoms with Gasteiger partial charge in [0.25, 0.3) is 0 Å². The molecule has 0 saturated heterocycles. The van der Waals surface area contributed by atoms with E-state index in [4.69, 9.17) is 21.1 Å². The minimum atomic E-state index is -0.270. The number of ether oxygens (including phenoxy) is 2. The molecule has 0 atom stereocenters. The van der Waals surface area contributed by atoms with Gasteiger partial charge >= 0.3 is 0 Å². The van der Waals surface area contributed by atoms with Gasteiger partial charge in [0.1, 0.15) is 6.61 Å². The van der Waals surface area contributed by atoms with E-state index in [1.807, 2.05) is 42.5 Å². The Morgan fingerprint density at radius 1 is 1.19 bits per heavy atom. The Bertz CT molecular complexity index is 1050. The number of nitrogens with one attached hydrogen (secondary N) is 1. The van der Waals surface area contributed by atoms with Gasteiger partial charge in [-0.1, -0.05) is 66.2 Å². The third-order valence-corrected chi connectivity index (χ3v) is 6.59. The zero-order valence-electron chi connectivity index (χ0n) is 17.8. The summed E-state index contributed by atoms with van der Waals surface area (Å²) in [5.41, 5.74) is 1.81. The Morgan fingerprint density at radius 3 is 2.75 bits per heavy atom. The maximum Gasteiger partial charge on any atom is 0.250 e. The van der Waals surface area contributed by atoms with Crippen molar-refractivity contribution in [1.82, 2.24) is 10.2 Å². The van der Waals surface area contributed by atoms with Crippen molar-refractivity contribution in [2.75, 3.05) is 18.2 Å². The molecule has 3 aromatic rings. The van der Waals surface area contributed by atoms with E-state index >= 15 is 0 Å². The van der Waals surface area contributed by atoms with E-state index in [2.05, 4.69) is 22.4 Å². The highest BCUT2D eigenvalue weighted by atomic mass is 35.5. The van der Waals surface area contributed by atoms with E-state index in [1.54, 1.807) is 24.9 Å². The Balaban J connectivity index is 1.55. The Labute approximate surface area is 201 Å². The fourth-order valence-electron chi connectivity index (χ4n) is 2.59. The van der Waals surface area contributed by atoms with Gasteiger partial charge in [0.05, 0.1) is 7.11 Å². The van der Waals surface area contributed by atoms with Crippen LogP contribution in [0.4, 0.5) is 5.13 Å². The number of benzene rings is 2. The summed E-state index contributed by atoms with van der Waals surface area (Å²) in [5.74, 6) is 1.93. The lowest BCUT2D eigenvalue weighted by molar-refractivity contribution is -0.111. The quantitative estimate of drug-likeness (QED) is 0.147. The van der Waals surface area contributed by atoms with Crippen LogP contribution in [0.2, 0.25) is 5.02 Å². The zero-order valence-corrected chi connectivity index (χ0v) is 20.2. The lowest BCUT2D eigenvalue weighted by Gasteiger charge is -2.11. The highest BCUT2D eigenvalue weighted by Gasteiger charge is 2.08. The van der Waals surface area contributed by atoms with Crippen LogP contribution in [-0.4, -0.2) is 29.0 Å². The second-order valence-corrected chi connectivity index (χ2v) is 9.48. The number of aromatic nitrogens is 2. The van der Waals surface area contributed by atoms with Crippen molar-refractivity contribution in [3.05, 3.63) is 64.7 Å². The SMILES string of the molecule is CCCCSc1nnc(NC(=O)/C=C/c2ccc(OCc3ccc(Cl)cc3)c(OC)c2)s1. The van der Waals surface area contributed by atoms with Crippen molar-refractivity contribution in [3.63, 3.8) is 0 Å². The van der Waals surface area contributed by atoms with Gasteiger partial charge in [0.15, 0.2) is 15.8 Å². The summed E-state index contributed by atoms with van der Waals surface area (Å²) in [6.45, 7) is 2.54. The molecule has 0 bridgehead atoms. The van der Waals surface area contributed by atoms with E-state index < -0.39 is 0 Å². The van der Waals surface area contributed by atoms with Crippen LogP contribution in [0.15, 0.2) is 52.9 Å². The van der Waals surface area contributed by atoms with Gasteiger partial charge in [-0.25, -0.2) is 0 Å². The molecule has 32 heavy (non-hydrogen) atoms. The van der Waals surface area contributed by atoms with E-state index in [0.717, 1.165) is 34.1 Å². The van der Waals surface area contributed by atoms with Crippen LogP contribution < -0.4 is 14.8 Å². The molecule has 1 aromatic heterocycles. The first kappa shape index (κ1) is 24.1. The summed E-state index contributed by atoms with van der Waals surface area (Å²) in [7, 11) is 1.58. The van der Waals surface area contributed by atoms with E-state index in [0.29, 0.717) is 28.3 Å². The molecular weight excluding hydrogens is 466 g/mol. The van der Waals surface area contributed by atoms with Crippen molar-refractivity contribution in [3.8, 4) is 11.5 Å². The molecule has 0 fully saturated rings. The van der Waals surface area contributed by atoms with E-state index in [1.165, 1.54) is 17.4 Å². The maximum atomic E-state index is 12.2. The molecule has 0 spiro atoms. The second-order valence-electron chi connectivity index (χ2n) is 6.72. The normalized spacial score (nSPS) is 11.0. The molecule has 0 aliphatic rings. The summed E-state index contributed by atoms with van der Waals surface area (Å²) in [6, 6.07) is 13.0. The number of hydrogen-bond donors (Lipinski definition) is 1. The first-order valence-corrected chi connectivity index (χ1v) is 12.3. The van der Waals surface area contributed by atoms with Crippen molar-refractivity contribution < 1.29 is 14.3 Å². The number of hydrogen-bond acceptors (Lipinski definition) is 7. The summed E-state index contributed by atoms with van der Waals surface area (Å²) < 4.78 is 12.2. The Kier molecular flexibility index (Phi) is 9.40. The summed E-state index contributed by atoms with van der Waals surface area (Å²) >= 11 is 8.95. The smallest absolute Gasteiger partial charge is 0.250 e. The van der Waals surface area contributed by atoms with E-state index in [-0.39, 0.29) is 5.91 Å². The number of methoxy groups -OCH3 is 1. The lowest BCUT2D eigenvalue weighted by Crippen LogP contribution is -2.07. The third-order valence-electron chi connectivity index (χ3n) is 4.28. The number of halogens is 1. The van der Waals surface area contributed by atoms with Crippen molar-refractivity contribution in [2.45, 2.75) is 30.7 Å². The van der Waals surface area contributed by atoms with Crippen LogP contribution in [0, 0.1) is 0 Å². The van der Waals surface area contributed by atoms with Crippen LogP contribution >= 0.6 is 34.7 Å². The molecule has 0 unspecified atom stereocenters. The number of nitrogens with zero attached hydrogens (tertiary/aromatic N) is 2. The summed E-state index contributed by atoms with van der Waals surface area (Å²) in [4.78, 5) is 12.2. The molecule has 9 heteroatoms. The number of amides is 1. The van der Waals surface area contributed by atoms with Gasteiger partial charge in [-0.2, -0.15) is 0 Å². The monoisotopic (exact) mass is 489 g/mol. The number of thioether (sulfide) groups is 1. The van der Waals surface area contributed by atoms with Crippen LogP contribution in [0.1, 0.15) is 30.9 Å². The number of carbonyl (C=O) groups is 1. The molecule has 1 heterocycles. The summed E-state index contributed by atoms with van der Waals surface area (Å²) in [5, 5.41) is 12.0. The first-order chi connectivity index (χ1) is 15.6. The molecule has 1 N–H and O–H groups in total. The van der Waals surface area contributed by atoms with Gasteiger partial charge in [-0.05, 0) is 47.9 Å². The van der Waals surface area contributed by atoms with Crippen molar-refractivity contribution in [1.29, 1.82) is 0 Å². The third kappa shape index (κ3) is 7.55. The average Bonchev–Trinajstić information content (AvgIpc) is 3.24. The predicted octanol–water partition coefficient (Wildman–Crippen LogP) is 6.32. The Hall–Kier alpha value is -2.55. The van der Waals surface area contributed by atoms with E-state index in [9.17, 15) is 4.79 Å². The molecule has 6 nitrogen and oxygen atoms in total. The first-order valence-electron chi connectivity index (χ1n) is 10.1. The van der Waals surface area contributed by atoms with Crippen molar-refractivity contribution in [2.24, 2.45) is 0 Å². The molecular formula is C23H24ClN3O3S2. The number of unbranched alkanes of at least 4 members (excludes halogenated alkanes) is 1. The van der Waals surface area contributed by atoms with Gasteiger partial charge < -0.3 is 9.47 Å². The molecule has 0 saturated carbocycles. The van der Waals surface area contributed by atoms with Crippen LogP contribution in [0.3, 0.4) is 0 Å². The fraction of sp³-hybridized carbons (Fsp3) is 0.261. The van der Waals surface area contributed by atoms with Gasteiger partial charge in [-0.15, -0.1) is 10.2 Å². The second kappa shape index (κ2) is 12.5. The minimum Gasteiger partial charge on any atom is -0.493 e. The molecule has 0 aliphatic carbocycles. The van der Waals surface area contributed by atoms with Crippen LogP contribution in [-0.2, 0) is 11.4 Å². The molecule has 0 aliphatic heterocycles. The molecule has 3 rings (SSSR count). The number of carbonyl (C=O) groups excluding carboxylic acids is 1. The lowest BCUT2D eigenvalue weighted by atomic mass is 10.2. The zero-order chi connectivity index (χ0) is 22.8. The maximum absolute atomic E-state index is 12.2. The molecule has 0 radical (unpaired) electrons. The number of anilines is 1. The number of rotatable bonds is 11. The Morgan fingerprint density at radius 2 is 2.00 bits per heavy atom. The topological polar surface area (TPSA) is 73.3 Å². The van der Waals surface area contributed by atoms with Gasteiger partial charge in [0, 0.05) is 16.9 Å².